The van der Waals surface area contributed by atoms with Crippen LogP contribution in [0.4, 0.5) is 5.69 Å². The number of aliphatic hydroxyl groups is 1. The minimum Gasteiger partial charge on any atom is -0.503 e. The Kier molecular flexibility index (Phi) is 6.50. The number of anilines is 1. The molecule has 4 rings (SSSR count). The molecule has 1 atom stereocenters. The van der Waals surface area contributed by atoms with Crippen molar-refractivity contribution in [1.29, 1.82) is 0 Å². The van der Waals surface area contributed by atoms with Crippen molar-refractivity contribution in [2.45, 2.75) is 19.4 Å². The molecule has 0 saturated heterocycles. The first-order valence-corrected chi connectivity index (χ1v) is 10.8. The van der Waals surface area contributed by atoms with Crippen LogP contribution in [0, 0.1) is 6.92 Å². The van der Waals surface area contributed by atoms with Crippen LogP contribution in [-0.4, -0.2) is 25.2 Å². The van der Waals surface area contributed by atoms with Gasteiger partial charge in [0, 0.05) is 22.9 Å². The Morgan fingerprint density at radius 3 is 2.45 bits per heavy atom. The summed E-state index contributed by atoms with van der Waals surface area (Å²) in [5.74, 6) is 0.591. The van der Waals surface area contributed by atoms with E-state index >= 15 is 0 Å². The monoisotopic (exact) mass is 441 g/mol. The van der Waals surface area contributed by atoms with Gasteiger partial charge in [-0.25, -0.2) is 0 Å². The third-order valence-corrected chi connectivity index (χ3v) is 5.78. The summed E-state index contributed by atoms with van der Waals surface area (Å²) in [5, 5.41) is 10.9. The lowest BCUT2D eigenvalue weighted by atomic mass is 9.95. The second kappa shape index (κ2) is 9.65. The van der Waals surface area contributed by atoms with Gasteiger partial charge in [0.2, 0.25) is 0 Å². The molecule has 0 bridgehead atoms. The first-order valence-electron chi connectivity index (χ1n) is 10.8. The van der Waals surface area contributed by atoms with Gasteiger partial charge in [0.15, 0.2) is 5.76 Å². The predicted octanol–water partition coefficient (Wildman–Crippen LogP) is 6.02. The van der Waals surface area contributed by atoms with E-state index in [1.807, 2.05) is 85.8 Å². The predicted molar refractivity (Wildman–Crippen MR) is 131 cm³/mol. The van der Waals surface area contributed by atoms with E-state index in [9.17, 15) is 9.90 Å². The molecule has 1 aliphatic heterocycles. The summed E-state index contributed by atoms with van der Waals surface area (Å²) in [6.07, 6.45) is 4.37. The minimum atomic E-state index is -0.513. The lowest BCUT2D eigenvalue weighted by molar-refractivity contribution is -0.117. The molecule has 1 aliphatic rings. The van der Waals surface area contributed by atoms with E-state index in [2.05, 4.69) is 0 Å². The topological polar surface area (TPSA) is 59.0 Å². The normalized spacial score (nSPS) is 16.0. The highest BCUT2D eigenvalue weighted by Gasteiger charge is 2.42. The van der Waals surface area contributed by atoms with Crippen molar-refractivity contribution in [3.63, 3.8) is 0 Å². The number of hydrogen-bond donors (Lipinski definition) is 1. The van der Waals surface area contributed by atoms with E-state index < -0.39 is 11.9 Å². The Morgan fingerprint density at radius 2 is 1.76 bits per heavy atom. The summed E-state index contributed by atoms with van der Waals surface area (Å²) in [6, 6.07) is 22.6. The van der Waals surface area contributed by atoms with Gasteiger partial charge in [0.25, 0.3) is 5.91 Å². The van der Waals surface area contributed by atoms with Crippen LogP contribution in [-0.2, 0) is 4.79 Å². The lowest BCUT2D eigenvalue weighted by Gasteiger charge is -2.28. The summed E-state index contributed by atoms with van der Waals surface area (Å²) in [4.78, 5) is 14.9. The summed E-state index contributed by atoms with van der Waals surface area (Å²) >= 11 is 0. The number of carbonyl (C=O) groups excluding carboxylic acids is 1. The van der Waals surface area contributed by atoms with Crippen molar-refractivity contribution >= 4 is 17.7 Å². The second-order valence-corrected chi connectivity index (χ2v) is 7.92. The number of nitrogens with zero attached hydrogens (tertiary/aromatic N) is 1. The SMILES string of the molecule is COc1ccc(C2C(C/C=C/c3ccccc3)=C(O)C(=O)N2c2cccc(C)c2)c(OC)c1. The molecule has 0 aromatic heterocycles. The van der Waals surface area contributed by atoms with Crippen molar-refractivity contribution in [3.05, 3.63) is 107 Å². The molecule has 1 amide bonds. The fourth-order valence-electron chi connectivity index (χ4n) is 4.16. The van der Waals surface area contributed by atoms with Crippen molar-refractivity contribution in [3.8, 4) is 11.5 Å². The van der Waals surface area contributed by atoms with Crippen molar-refractivity contribution in [1.82, 2.24) is 0 Å². The molecule has 1 heterocycles. The summed E-state index contributed by atoms with van der Waals surface area (Å²) in [6.45, 7) is 1.98. The highest BCUT2D eigenvalue weighted by atomic mass is 16.5. The van der Waals surface area contributed by atoms with Crippen LogP contribution in [0.2, 0.25) is 0 Å². The van der Waals surface area contributed by atoms with Gasteiger partial charge in [-0.2, -0.15) is 0 Å². The maximum Gasteiger partial charge on any atom is 0.293 e. The van der Waals surface area contributed by atoms with Crippen molar-refractivity contribution < 1.29 is 19.4 Å². The van der Waals surface area contributed by atoms with E-state index in [-0.39, 0.29) is 5.76 Å². The molecule has 1 N–H and O–H groups in total. The largest absolute Gasteiger partial charge is 0.503 e. The third kappa shape index (κ3) is 4.48. The molecule has 3 aromatic carbocycles. The number of amides is 1. The van der Waals surface area contributed by atoms with E-state index in [4.69, 9.17) is 9.47 Å². The first kappa shape index (κ1) is 22.2. The van der Waals surface area contributed by atoms with Crippen LogP contribution in [0.15, 0.2) is 90.2 Å². The highest BCUT2D eigenvalue weighted by molar-refractivity contribution is 6.08. The Labute approximate surface area is 194 Å². The number of benzene rings is 3. The quantitative estimate of drug-likeness (QED) is 0.487. The summed E-state index contributed by atoms with van der Waals surface area (Å²) in [5.41, 5.74) is 4.20. The third-order valence-electron chi connectivity index (χ3n) is 5.78. The molecule has 1 unspecified atom stereocenters. The number of allylic oxidation sites excluding steroid dienone is 1. The molecule has 0 spiro atoms. The molecule has 0 radical (unpaired) electrons. The molecule has 0 fully saturated rings. The number of aryl methyl sites for hydroxylation is 1. The van der Waals surface area contributed by atoms with Gasteiger partial charge in [0.1, 0.15) is 11.5 Å². The molecule has 0 aliphatic carbocycles. The average Bonchev–Trinajstić information content (AvgIpc) is 3.09. The zero-order chi connectivity index (χ0) is 23.4. The molecule has 168 valence electrons. The molecule has 33 heavy (non-hydrogen) atoms. The number of ether oxygens (including phenoxy) is 2. The standard InChI is InChI=1S/C28H27NO4/c1-19-9-7-13-21(17-19)29-26(23-16-15-22(32-2)18-25(23)33-3)24(27(30)28(29)31)14-8-12-20-10-5-4-6-11-20/h4-13,15-18,26,30H,14H2,1-3H3/b12-8+. The van der Waals surface area contributed by atoms with Gasteiger partial charge in [-0.3, -0.25) is 9.69 Å². The Hall–Kier alpha value is -3.99. The zero-order valence-corrected chi connectivity index (χ0v) is 19.0. The number of aliphatic hydroxyl groups excluding tert-OH is 1. The molecular weight excluding hydrogens is 414 g/mol. The Bertz CT molecular complexity index is 1210. The highest BCUT2D eigenvalue weighted by Crippen LogP contribution is 2.45. The first-order chi connectivity index (χ1) is 16.0. The van der Waals surface area contributed by atoms with E-state index in [1.165, 1.54) is 0 Å². The maximum atomic E-state index is 13.3. The Balaban J connectivity index is 1.80. The summed E-state index contributed by atoms with van der Waals surface area (Å²) in [7, 11) is 3.18. The lowest BCUT2D eigenvalue weighted by Crippen LogP contribution is -2.30. The minimum absolute atomic E-state index is 0.225. The van der Waals surface area contributed by atoms with E-state index in [0.717, 1.165) is 22.4 Å². The van der Waals surface area contributed by atoms with E-state index in [0.29, 0.717) is 23.5 Å². The number of carbonyl (C=O) groups is 1. The van der Waals surface area contributed by atoms with Gasteiger partial charge < -0.3 is 14.6 Å². The van der Waals surface area contributed by atoms with Crippen molar-refractivity contribution in [2.24, 2.45) is 0 Å². The van der Waals surface area contributed by atoms with Crippen molar-refractivity contribution in [2.75, 3.05) is 19.1 Å². The maximum absolute atomic E-state index is 13.3. The molecule has 0 saturated carbocycles. The summed E-state index contributed by atoms with van der Waals surface area (Å²) < 4.78 is 11.0. The average molecular weight is 442 g/mol. The fraction of sp³-hybridized carbons (Fsp3) is 0.179. The van der Waals surface area contributed by atoms with Gasteiger partial charge in [0.05, 0.1) is 20.3 Å². The second-order valence-electron chi connectivity index (χ2n) is 7.92. The van der Waals surface area contributed by atoms with Gasteiger partial charge in [-0.05, 0) is 48.7 Å². The van der Waals surface area contributed by atoms with Crippen LogP contribution in [0.25, 0.3) is 6.08 Å². The molecule has 5 heteroatoms. The van der Waals surface area contributed by atoms with Crippen LogP contribution >= 0.6 is 0 Å². The van der Waals surface area contributed by atoms with Crippen LogP contribution < -0.4 is 14.4 Å². The van der Waals surface area contributed by atoms with E-state index in [1.54, 1.807) is 25.2 Å². The number of methoxy groups -OCH3 is 2. The Morgan fingerprint density at radius 1 is 0.970 bits per heavy atom. The smallest absolute Gasteiger partial charge is 0.293 e. The number of rotatable bonds is 7. The van der Waals surface area contributed by atoms with Gasteiger partial charge >= 0.3 is 0 Å². The number of hydrogen-bond acceptors (Lipinski definition) is 4. The zero-order valence-electron chi connectivity index (χ0n) is 19.0. The van der Waals surface area contributed by atoms with Gasteiger partial charge in [-0.15, -0.1) is 0 Å². The van der Waals surface area contributed by atoms with Crippen LogP contribution in [0.5, 0.6) is 11.5 Å². The fourth-order valence-corrected chi connectivity index (χ4v) is 4.16. The molecule has 3 aromatic rings. The van der Waals surface area contributed by atoms with Crippen LogP contribution in [0.3, 0.4) is 0 Å². The molecule has 5 nitrogen and oxygen atoms in total. The van der Waals surface area contributed by atoms with Crippen LogP contribution in [0.1, 0.15) is 29.2 Å². The molecular formula is C28H27NO4. The van der Waals surface area contributed by atoms with Gasteiger partial charge in [-0.1, -0.05) is 54.6 Å².